The Hall–Kier alpha value is -1.03. The fourth-order valence-corrected chi connectivity index (χ4v) is 2.70. The van der Waals surface area contributed by atoms with Crippen molar-refractivity contribution in [3.63, 3.8) is 0 Å². The average molecular weight is 268 g/mol. The van der Waals surface area contributed by atoms with E-state index in [1.165, 1.54) is 4.88 Å². The first-order valence-electron chi connectivity index (χ1n) is 5.32. The fourth-order valence-electron chi connectivity index (χ4n) is 1.75. The van der Waals surface area contributed by atoms with Crippen LogP contribution in [0.3, 0.4) is 0 Å². The van der Waals surface area contributed by atoms with Crippen LogP contribution in [-0.2, 0) is 6.42 Å². The fraction of sp³-hybridized carbons (Fsp3) is 0.231. The third-order valence-electron chi connectivity index (χ3n) is 2.59. The minimum absolute atomic E-state index is 0.0951. The molecule has 1 atom stereocenters. The molecule has 17 heavy (non-hydrogen) atoms. The molecule has 0 amide bonds. The third kappa shape index (κ3) is 3.00. The van der Waals surface area contributed by atoms with E-state index < -0.39 is 0 Å². The van der Waals surface area contributed by atoms with Gasteiger partial charge < -0.3 is 10.5 Å². The third-order valence-corrected chi connectivity index (χ3v) is 3.73. The highest BCUT2D eigenvalue weighted by atomic mass is 35.5. The molecule has 0 spiro atoms. The van der Waals surface area contributed by atoms with Crippen molar-refractivity contribution in [2.24, 2.45) is 5.73 Å². The van der Waals surface area contributed by atoms with Gasteiger partial charge in [-0.2, -0.15) is 0 Å². The summed E-state index contributed by atoms with van der Waals surface area (Å²) >= 11 is 7.70. The summed E-state index contributed by atoms with van der Waals surface area (Å²) in [4.78, 5) is 1.26. The zero-order valence-electron chi connectivity index (χ0n) is 9.52. The number of thiophene rings is 1. The Bertz CT molecular complexity index is 484. The standard InChI is InChI=1S/C13H14ClNOS/c1-16-13-5-4-9(14)7-11(13)12(15)8-10-3-2-6-17-10/h2-7,12H,8,15H2,1H3. The summed E-state index contributed by atoms with van der Waals surface area (Å²) in [6, 6.07) is 9.55. The first kappa shape index (κ1) is 12.4. The summed E-state index contributed by atoms with van der Waals surface area (Å²) in [5.41, 5.74) is 7.15. The highest BCUT2D eigenvalue weighted by Crippen LogP contribution is 2.29. The van der Waals surface area contributed by atoms with E-state index in [1.54, 1.807) is 18.4 Å². The molecule has 2 aromatic rings. The second-order valence-corrected chi connectivity index (χ2v) is 5.24. The molecule has 1 aromatic carbocycles. The Morgan fingerprint density at radius 1 is 1.41 bits per heavy atom. The first-order valence-corrected chi connectivity index (χ1v) is 6.58. The Kier molecular flexibility index (Phi) is 4.05. The molecule has 0 aliphatic heterocycles. The van der Waals surface area contributed by atoms with Gasteiger partial charge in [0.25, 0.3) is 0 Å². The maximum atomic E-state index is 6.20. The highest BCUT2D eigenvalue weighted by Gasteiger charge is 2.13. The van der Waals surface area contributed by atoms with E-state index in [0.29, 0.717) is 5.02 Å². The number of rotatable bonds is 4. The van der Waals surface area contributed by atoms with Crippen molar-refractivity contribution in [1.29, 1.82) is 0 Å². The van der Waals surface area contributed by atoms with E-state index >= 15 is 0 Å². The normalized spacial score (nSPS) is 12.4. The molecule has 1 heterocycles. The summed E-state index contributed by atoms with van der Waals surface area (Å²) in [5, 5.41) is 2.74. The van der Waals surface area contributed by atoms with Crippen molar-refractivity contribution >= 4 is 22.9 Å². The second kappa shape index (κ2) is 5.54. The first-order chi connectivity index (χ1) is 8.20. The number of benzene rings is 1. The molecule has 0 radical (unpaired) electrons. The molecule has 1 aromatic heterocycles. The summed E-state index contributed by atoms with van der Waals surface area (Å²) in [6.45, 7) is 0. The van der Waals surface area contributed by atoms with Crippen LogP contribution in [0.4, 0.5) is 0 Å². The summed E-state index contributed by atoms with van der Waals surface area (Å²) in [6.07, 6.45) is 0.800. The molecule has 0 saturated heterocycles. The molecule has 90 valence electrons. The van der Waals surface area contributed by atoms with Crippen molar-refractivity contribution in [2.45, 2.75) is 12.5 Å². The van der Waals surface area contributed by atoms with Gasteiger partial charge in [-0.05, 0) is 29.6 Å². The van der Waals surface area contributed by atoms with E-state index in [9.17, 15) is 0 Å². The molecule has 1 unspecified atom stereocenters. The number of nitrogens with two attached hydrogens (primary N) is 1. The summed E-state index contributed by atoms with van der Waals surface area (Å²) in [5.74, 6) is 0.790. The number of halogens is 1. The second-order valence-electron chi connectivity index (χ2n) is 3.78. The van der Waals surface area contributed by atoms with Crippen molar-refractivity contribution in [3.8, 4) is 5.75 Å². The molecule has 2 rings (SSSR count). The molecular weight excluding hydrogens is 254 g/mol. The van der Waals surface area contributed by atoms with E-state index in [2.05, 4.69) is 11.4 Å². The maximum Gasteiger partial charge on any atom is 0.123 e. The molecule has 2 nitrogen and oxygen atoms in total. The quantitative estimate of drug-likeness (QED) is 0.918. The molecule has 0 aliphatic rings. The van der Waals surface area contributed by atoms with Crippen LogP contribution in [0.5, 0.6) is 5.75 Å². The molecule has 0 bridgehead atoms. The van der Waals surface area contributed by atoms with Crippen LogP contribution < -0.4 is 10.5 Å². The summed E-state index contributed by atoms with van der Waals surface area (Å²) < 4.78 is 5.31. The lowest BCUT2D eigenvalue weighted by molar-refractivity contribution is 0.405. The highest BCUT2D eigenvalue weighted by molar-refractivity contribution is 7.09. The number of hydrogen-bond acceptors (Lipinski definition) is 3. The van der Waals surface area contributed by atoms with Gasteiger partial charge in [0.15, 0.2) is 0 Å². The van der Waals surface area contributed by atoms with Gasteiger partial charge in [0.2, 0.25) is 0 Å². The number of methoxy groups -OCH3 is 1. The predicted octanol–water partition coefficient (Wildman–Crippen LogP) is 3.65. The molecule has 0 fully saturated rings. The van der Waals surface area contributed by atoms with Crippen LogP contribution in [0.1, 0.15) is 16.5 Å². The van der Waals surface area contributed by atoms with Crippen LogP contribution >= 0.6 is 22.9 Å². The van der Waals surface area contributed by atoms with Gasteiger partial charge in [0.05, 0.1) is 7.11 Å². The van der Waals surface area contributed by atoms with Gasteiger partial charge in [-0.3, -0.25) is 0 Å². The van der Waals surface area contributed by atoms with Crippen LogP contribution in [0.15, 0.2) is 35.7 Å². The lowest BCUT2D eigenvalue weighted by Gasteiger charge is -2.15. The van der Waals surface area contributed by atoms with E-state index in [0.717, 1.165) is 17.7 Å². The zero-order valence-corrected chi connectivity index (χ0v) is 11.1. The smallest absolute Gasteiger partial charge is 0.123 e. The lowest BCUT2D eigenvalue weighted by atomic mass is 10.0. The molecule has 0 aliphatic carbocycles. The van der Waals surface area contributed by atoms with Gasteiger partial charge in [-0.25, -0.2) is 0 Å². The van der Waals surface area contributed by atoms with Gasteiger partial charge >= 0.3 is 0 Å². The molecule has 0 saturated carbocycles. The van der Waals surface area contributed by atoms with E-state index in [1.807, 2.05) is 24.3 Å². The van der Waals surface area contributed by atoms with Gasteiger partial charge in [-0.1, -0.05) is 17.7 Å². The van der Waals surface area contributed by atoms with Crippen LogP contribution in [0.25, 0.3) is 0 Å². The minimum atomic E-state index is -0.0951. The average Bonchev–Trinajstić information content (AvgIpc) is 2.81. The SMILES string of the molecule is COc1ccc(Cl)cc1C(N)Cc1cccs1. The van der Waals surface area contributed by atoms with Crippen molar-refractivity contribution in [1.82, 2.24) is 0 Å². The van der Waals surface area contributed by atoms with Crippen molar-refractivity contribution in [2.75, 3.05) is 7.11 Å². The van der Waals surface area contributed by atoms with Crippen molar-refractivity contribution < 1.29 is 4.74 Å². The largest absolute Gasteiger partial charge is 0.496 e. The van der Waals surface area contributed by atoms with Gasteiger partial charge in [0.1, 0.15) is 5.75 Å². The van der Waals surface area contributed by atoms with Crippen LogP contribution in [0.2, 0.25) is 5.02 Å². The molecule has 2 N–H and O–H groups in total. The molecule has 4 heteroatoms. The monoisotopic (exact) mass is 267 g/mol. The van der Waals surface area contributed by atoms with E-state index in [4.69, 9.17) is 22.1 Å². The zero-order chi connectivity index (χ0) is 12.3. The Morgan fingerprint density at radius 2 is 2.24 bits per heavy atom. The molecular formula is C13H14ClNOS. The predicted molar refractivity (Wildman–Crippen MR) is 73.0 cm³/mol. The Labute approximate surface area is 110 Å². The Morgan fingerprint density at radius 3 is 2.88 bits per heavy atom. The van der Waals surface area contributed by atoms with Crippen molar-refractivity contribution in [3.05, 3.63) is 51.2 Å². The topological polar surface area (TPSA) is 35.2 Å². The minimum Gasteiger partial charge on any atom is -0.496 e. The van der Waals surface area contributed by atoms with Crippen LogP contribution in [-0.4, -0.2) is 7.11 Å². The summed E-state index contributed by atoms with van der Waals surface area (Å²) in [7, 11) is 1.64. The van der Waals surface area contributed by atoms with Gasteiger partial charge in [-0.15, -0.1) is 11.3 Å². The Balaban J connectivity index is 2.23. The van der Waals surface area contributed by atoms with Gasteiger partial charge in [0, 0.05) is 27.9 Å². The lowest BCUT2D eigenvalue weighted by Crippen LogP contribution is -2.13. The maximum absolute atomic E-state index is 6.20. The number of ether oxygens (including phenoxy) is 1. The number of hydrogen-bond donors (Lipinski definition) is 1. The van der Waals surface area contributed by atoms with Crippen LogP contribution in [0, 0.1) is 0 Å². The van der Waals surface area contributed by atoms with E-state index in [-0.39, 0.29) is 6.04 Å².